The summed E-state index contributed by atoms with van der Waals surface area (Å²) < 4.78 is 0. The van der Waals surface area contributed by atoms with E-state index in [1.807, 2.05) is 25.8 Å². The summed E-state index contributed by atoms with van der Waals surface area (Å²) in [5.74, 6) is 0.0813. The van der Waals surface area contributed by atoms with E-state index in [1.54, 1.807) is 0 Å². The van der Waals surface area contributed by atoms with Crippen LogP contribution >= 0.6 is 0 Å². The largest absolute Gasteiger partial charge is 0.355 e. The van der Waals surface area contributed by atoms with E-state index >= 15 is 0 Å². The molecule has 13 heavy (non-hydrogen) atoms. The molecule has 0 aromatic heterocycles. The lowest BCUT2D eigenvalue weighted by Crippen LogP contribution is -2.45. The number of carbonyl (C=O) groups is 1. The Morgan fingerprint density at radius 1 is 1.62 bits per heavy atom. The molecule has 0 saturated carbocycles. The monoisotopic (exact) mass is 187 g/mol. The maximum absolute atomic E-state index is 11.4. The Morgan fingerprint density at radius 3 is 2.69 bits per heavy atom. The molecule has 0 rings (SSSR count). The zero-order valence-electron chi connectivity index (χ0n) is 8.84. The molecule has 0 radical (unpaired) electrons. The molecule has 0 fully saturated rings. The van der Waals surface area contributed by atoms with Crippen molar-refractivity contribution in [3.8, 4) is 0 Å². The molecule has 1 amide bonds. The molecule has 0 heterocycles. The van der Waals surface area contributed by atoms with Gasteiger partial charge in [-0.1, -0.05) is 6.92 Å². The molecule has 3 N–H and O–H groups in total. The number of nitrogens with one attached hydrogen (secondary N) is 1. The molecule has 0 bridgehead atoms. The maximum atomic E-state index is 11.4. The van der Waals surface area contributed by atoms with Gasteiger partial charge in [-0.05, 0) is 20.4 Å². The Hall–Kier alpha value is -0.610. The van der Waals surface area contributed by atoms with Crippen molar-refractivity contribution in [3.63, 3.8) is 0 Å². The molecule has 1 atom stereocenters. The van der Waals surface area contributed by atoms with Gasteiger partial charge in [0.05, 0.1) is 6.04 Å². The van der Waals surface area contributed by atoms with Gasteiger partial charge in [-0.2, -0.15) is 0 Å². The highest BCUT2D eigenvalue weighted by molar-refractivity contribution is 5.81. The van der Waals surface area contributed by atoms with Crippen LogP contribution in [0.5, 0.6) is 0 Å². The van der Waals surface area contributed by atoms with E-state index in [1.165, 1.54) is 0 Å². The van der Waals surface area contributed by atoms with Gasteiger partial charge in [0.15, 0.2) is 0 Å². The second kappa shape index (κ2) is 6.86. The van der Waals surface area contributed by atoms with Crippen LogP contribution in [-0.2, 0) is 4.79 Å². The molecule has 78 valence electrons. The molecule has 0 saturated heterocycles. The summed E-state index contributed by atoms with van der Waals surface area (Å²) in [6.45, 7) is 6.01. The minimum atomic E-state index is -0.0879. The molecular weight excluding hydrogens is 166 g/mol. The number of carbonyl (C=O) groups excluding carboxylic acids is 1. The summed E-state index contributed by atoms with van der Waals surface area (Å²) in [4.78, 5) is 13.4. The number of amides is 1. The smallest absolute Gasteiger partial charge is 0.237 e. The molecule has 0 spiro atoms. The molecule has 0 aromatic carbocycles. The molecule has 0 aromatic rings. The molecule has 0 aliphatic carbocycles. The van der Waals surface area contributed by atoms with Gasteiger partial charge in [-0.3, -0.25) is 9.69 Å². The lowest BCUT2D eigenvalue weighted by Gasteiger charge is -2.22. The minimum Gasteiger partial charge on any atom is -0.355 e. The molecular formula is C9H21N3O. The third kappa shape index (κ3) is 4.85. The van der Waals surface area contributed by atoms with Gasteiger partial charge >= 0.3 is 0 Å². The van der Waals surface area contributed by atoms with E-state index in [0.29, 0.717) is 6.54 Å². The fourth-order valence-electron chi connectivity index (χ4n) is 0.993. The summed E-state index contributed by atoms with van der Waals surface area (Å²) >= 11 is 0. The van der Waals surface area contributed by atoms with Gasteiger partial charge in [-0.15, -0.1) is 0 Å². The Morgan fingerprint density at radius 2 is 2.23 bits per heavy atom. The first-order valence-electron chi connectivity index (χ1n) is 4.81. The Kier molecular flexibility index (Phi) is 6.54. The van der Waals surface area contributed by atoms with Crippen LogP contribution < -0.4 is 11.1 Å². The first-order valence-corrected chi connectivity index (χ1v) is 4.81. The number of nitrogens with two attached hydrogens (primary N) is 1. The highest BCUT2D eigenvalue weighted by atomic mass is 16.2. The van der Waals surface area contributed by atoms with Crippen molar-refractivity contribution in [2.45, 2.75) is 26.3 Å². The normalized spacial score (nSPS) is 13.0. The predicted molar refractivity (Wildman–Crippen MR) is 54.4 cm³/mol. The number of hydrogen-bond acceptors (Lipinski definition) is 3. The zero-order valence-corrected chi connectivity index (χ0v) is 8.84. The minimum absolute atomic E-state index is 0.0813. The van der Waals surface area contributed by atoms with Crippen LogP contribution in [0.25, 0.3) is 0 Å². The van der Waals surface area contributed by atoms with E-state index in [2.05, 4.69) is 5.32 Å². The van der Waals surface area contributed by atoms with Crippen molar-refractivity contribution in [2.75, 3.05) is 26.7 Å². The lowest BCUT2D eigenvalue weighted by atomic mass is 10.2. The molecule has 4 nitrogen and oxygen atoms in total. The van der Waals surface area contributed by atoms with Crippen LogP contribution in [0.2, 0.25) is 0 Å². The summed E-state index contributed by atoms with van der Waals surface area (Å²) in [5, 5.41) is 2.85. The third-order valence-corrected chi connectivity index (χ3v) is 2.07. The van der Waals surface area contributed by atoms with E-state index in [0.717, 1.165) is 19.5 Å². The van der Waals surface area contributed by atoms with Crippen molar-refractivity contribution in [1.82, 2.24) is 10.2 Å². The average Bonchev–Trinajstić information content (AvgIpc) is 2.13. The third-order valence-electron chi connectivity index (χ3n) is 2.07. The lowest BCUT2D eigenvalue weighted by molar-refractivity contribution is -0.125. The Balaban J connectivity index is 3.79. The Bertz CT molecular complexity index is 150. The Labute approximate surface area is 80.5 Å². The highest BCUT2D eigenvalue weighted by Crippen LogP contribution is 1.93. The summed E-state index contributed by atoms with van der Waals surface area (Å²) in [6, 6.07) is -0.0879. The number of rotatable bonds is 6. The fraction of sp³-hybridized carbons (Fsp3) is 0.889. The van der Waals surface area contributed by atoms with Gasteiger partial charge in [0.25, 0.3) is 0 Å². The first kappa shape index (κ1) is 12.4. The molecule has 4 heteroatoms. The molecule has 0 aliphatic rings. The number of nitrogens with zero attached hydrogens (tertiary/aromatic N) is 1. The van der Waals surface area contributed by atoms with Crippen molar-refractivity contribution in [1.29, 1.82) is 0 Å². The average molecular weight is 187 g/mol. The topological polar surface area (TPSA) is 58.4 Å². The second-order valence-corrected chi connectivity index (χ2v) is 3.24. The second-order valence-electron chi connectivity index (χ2n) is 3.24. The maximum Gasteiger partial charge on any atom is 0.237 e. The SMILES string of the molecule is CCCNC(=O)C(C)N(C)CCN. The van der Waals surface area contributed by atoms with Gasteiger partial charge < -0.3 is 11.1 Å². The van der Waals surface area contributed by atoms with Crippen LogP contribution in [-0.4, -0.2) is 43.5 Å². The van der Waals surface area contributed by atoms with Gasteiger partial charge in [0.2, 0.25) is 5.91 Å². The van der Waals surface area contributed by atoms with E-state index < -0.39 is 0 Å². The first-order chi connectivity index (χ1) is 6.13. The van der Waals surface area contributed by atoms with Crippen molar-refractivity contribution in [2.24, 2.45) is 5.73 Å². The predicted octanol–water partition coefficient (Wildman–Crippen LogP) is -0.208. The summed E-state index contributed by atoms with van der Waals surface area (Å²) in [7, 11) is 1.91. The highest BCUT2D eigenvalue weighted by Gasteiger charge is 2.15. The standard InChI is InChI=1S/C9H21N3O/c1-4-6-11-9(13)8(2)12(3)7-5-10/h8H,4-7,10H2,1-3H3,(H,11,13). The van der Waals surface area contributed by atoms with E-state index in [4.69, 9.17) is 5.73 Å². The molecule has 1 unspecified atom stereocenters. The van der Waals surface area contributed by atoms with Crippen LogP contribution in [0.15, 0.2) is 0 Å². The van der Waals surface area contributed by atoms with Crippen LogP contribution in [0.1, 0.15) is 20.3 Å². The van der Waals surface area contributed by atoms with Gasteiger partial charge in [-0.25, -0.2) is 0 Å². The van der Waals surface area contributed by atoms with Crippen LogP contribution in [0, 0.1) is 0 Å². The summed E-state index contributed by atoms with van der Waals surface area (Å²) in [6.07, 6.45) is 0.971. The summed E-state index contributed by atoms with van der Waals surface area (Å²) in [5.41, 5.74) is 5.39. The zero-order chi connectivity index (χ0) is 10.3. The number of likely N-dealkylation sites (N-methyl/N-ethyl adjacent to an activating group) is 1. The van der Waals surface area contributed by atoms with Gasteiger partial charge in [0, 0.05) is 19.6 Å². The van der Waals surface area contributed by atoms with E-state index in [-0.39, 0.29) is 11.9 Å². The molecule has 0 aliphatic heterocycles. The van der Waals surface area contributed by atoms with Crippen molar-refractivity contribution in [3.05, 3.63) is 0 Å². The quantitative estimate of drug-likeness (QED) is 0.605. The number of hydrogen-bond donors (Lipinski definition) is 2. The fourth-order valence-corrected chi connectivity index (χ4v) is 0.993. The van der Waals surface area contributed by atoms with E-state index in [9.17, 15) is 4.79 Å². The van der Waals surface area contributed by atoms with Crippen molar-refractivity contribution < 1.29 is 4.79 Å². The van der Waals surface area contributed by atoms with Gasteiger partial charge in [0.1, 0.15) is 0 Å². The van der Waals surface area contributed by atoms with Crippen LogP contribution in [0.4, 0.5) is 0 Å². The van der Waals surface area contributed by atoms with Crippen LogP contribution in [0.3, 0.4) is 0 Å². The van der Waals surface area contributed by atoms with Crippen molar-refractivity contribution >= 4 is 5.91 Å².